The molecule has 2 N–H and O–H groups in total. The van der Waals surface area contributed by atoms with E-state index in [1.54, 1.807) is 12.1 Å². The molecule has 2 aliphatic rings. The molecule has 0 aliphatic heterocycles. The Bertz CT molecular complexity index is 1510. The van der Waals surface area contributed by atoms with Gasteiger partial charge in [0.05, 0.1) is 31.5 Å². The molecule has 2 heterocycles. The second-order valence-electron chi connectivity index (χ2n) is 8.39. The fourth-order valence-electron chi connectivity index (χ4n) is 4.57. The number of alkyl halides is 2. The Labute approximate surface area is 231 Å². The van der Waals surface area contributed by atoms with Crippen LogP contribution in [0.2, 0.25) is 20.1 Å². The molecular weight excluding hydrogens is 650 g/mol. The van der Waals surface area contributed by atoms with Gasteiger partial charge in [-0.1, -0.05) is 78.3 Å². The number of nitrogens with one attached hydrogen (secondary N) is 2. The summed E-state index contributed by atoms with van der Waals surface area (Å²) in [6.45, 7) is 0. The number of ketones is 2. The number of benzene rings is 2. The summed E-state index contributed by atoms with van der Waals surface area (Å²) in [6.07, 6.45) is 3.97. The van der Waals surface area contributed by atoms with E-state index in [9.17, 15) is 9.59 Å². The van der Waals surface area contributed by atoms with Crippen molar-refractivity contribution < 1.29 is 9.59 Å². The fraction of sp³-hybridized carbons (Fsp3) is 0.250. The lowest BCUT2D eigenvalue weighted by Crippen LogP contribution is -2.30. The third-order valence-electron chi connectivity index (χ3n) is 6.25. The Morgan fingerprint density at radius 1 is 0.706 bits per heavy atom. The zero-order valence-electron chi connectivity index (χ0n) is 17.4. The molecule has 0 fully saturated rings. The number of Topliss-reactive ketones (excluding diaryl/α,β-unsaturated/α-hetero) is 2. The highest BCUT2D eigenvalue weighted by Crippen LogP contribution is 2.43. The van der Waals surface area contributed by atoms with E-state index in [0.29, 0.717) is 38.6 Å². The first-order valence-electron chi connectivity index (χ1n) is 10.5. The molecule has 0 spiro atoms. The van der Waals surface area contributed by atoms with Crippen LogP contribution in [0, 0.1) is 0 Å². The number of rotatable bonds is 0. The first-order valence-corrected chi connectivity index (χ1v) is 13.6. The molecule has 0 saturated heterocycles. The lowest BCUT2D eigenvalue weighted by atomic mass is 9.94. The van der Waals surface area contributed by atoms with Crippen LogP contribution >= 0.6 is 78.3 Å². The first kappa shape index (κ1) is 24.7. The van der Waals surface area contributed by atoms with Gasteiger partial charge in [0.1, 0.15) is 3.23 Å². The minimum absolute atomic E-state index is 0.00666. The molecule has 0 saturated carbocycles. The van der Waals surface area contributed by atoms with Gasteiger partial charge in [-0.15, -0.1) is 0 Å². The van der Waals surface area contributed by atoms with Gasteiger partial charge in [0.15, 0.2) is 5.78 Å². The second kappa shape index (κ2) is 9.13. The Hall–Kier alpha value is -1.02. The SMILES string of the molecule is O=C1CCCc2c1[nH]c1cc(Cl)c(Cl)cc21.O=C1c2[nH]c3cc(Cl)c(Cl)cc3c2CCC1(Br)Br. The number of aromatic nitrogens is 2. The van der Waals surface area contributed by atoms with E-state index in [4.69, 9.17) is 46.4 Å². The lowest BCUT2D eigenvalue weighted by molar-refractivity contribution is 0.0960. The van der Waals surface area contributed by atoms with Gasteiger partial charge in [-0.2, -0.15) is 0 Å². The van der Waals surface area contributed by atoms with Crippen LogP contribution in [0.15, 0.2) is 24.3 Å². The second-order valence-corrected chi connectivity index (χ2v) is 13.8. The van der Waals surface area contributed by atoms with Gasteiger partial charge in [0.25, 0.3) is 0 Å². The zero-order chi connectivity index (χ0) is 24.4. The van der Waals surface area contributed by atoms with Gasteiger partial charge in [-0.25, -0.2) is 0 Å². The minimum atomic E-state index is -0.665. The van der Waals surface area contributed by atoms with Crippen LogP contribution in [0.5, 0.6) is 0 Å². The van der Waals surface area contributed by atoms with Crippen LogP contribution in [0.3, 0.4) is 0 Å². The Balaban J connectivity index is 0.000000142. The Kier molecular flexibility index (Phi) is 6.62. The third-order valence-corrected chi connectivity index (χ3v) is 9.21. The van der Waals surface area contributed by atoms with Crippen molar-refractivity contribution in [2.45, 2.75) is 35.3 Å². The predicted octanol–water partition coefficient (Wildman–Crippen LogP) is 9.08. The summed E-state index contributed by atoms with van der Waals surface area (Å²) in [5, 5.41) is 4.04. The molecule has 176 valence electrons. The van der Waals surface area contributed by atoms with E-state index in [-0.39, 0.29) is 11.6 Å². The quantitative estimate of drug-likeness (QED) is 0.184. The van der Waals surface area contributed by atoms with Gasteiger partial charge in [0.2, 0.25) is 5.78 Å². The molecule has 4 nitrogen and oxygen atoms in total. The molecule has 0 bridgehead atoms. The number of hydrogen-bond donors (Lipinski definition) is 2. The number of H-pyrrole nitrogens is 2. The van der Waals surface area contributed by atoms with Crippen molar-refractivity contribution >= 4 is 112 Å². The van der Waals surface area contributed by atoms with Crippen molar-refractivity contribution in [2.24, 2.45) is 0 Å². The number of aryl methyl sites for hydroxylation is 2. The highest BCUT2D eigenvalue weighted by molar-refractivity contribution is 9.26. The van der Waals surface area contributed by atoms with Crippen LogP contribution in [-0.2, 0) is 12.8 Å². The molecule has 2 aromatic carbocycles. The Morgan fingerprint density at radius 3 is 1.79 bits per heavy atom. The van der Waals surface area contributed by atoms with Crippen LogP contribution in [0.25, 0.3) is 21.8 Å². The number of aromatic amines is 2. The van der Waals surface area contributed by atoms with E-state index >= 15 is 0 Å². The lowest BCUT2D eigenvalue weighted by Gasteiger charge is -2.23. The smallest absolute Gasteiger partial charge is 0.206 e. The maximum absolute atomic E-state index is 12.3. The molecule has 0 amide bonds. The summed E-state index contributed by atoms with van der Waals surface area (Å²) in [6, 6.07) is 7.20. The van der Waals surface area contributed by atoms with E-state index in [1.165, 1.54) is 0 Å². The molecule has 34 heavy (non-hydrogen) atoms. The number of fused-ring (bicyclic) bond motifs is 6. The van der Waals surface area contributed by atoms with Crippen molar-refractivity contribution in [3.63, 3.8) is 0 Å². The molecule has 4 aromatic rings. The topological polar surface area (TPSA) is 65.7 Å². The van der Waals surface area contributed by atoms with E-state index in [0.717, 1.165) is 57.9 Å². The maximum atomic E-state index is 12.3. The largest absolute Gasteiger partial charge is 0.352 e. The van der Waals surface area contributed by atoms with Gasteiger partial charge in [-0.3, -0.25) is 9.59 Å². The molecule has 2 aromatic heterocycles. The standard InChI is InChI=1S/C12H7Br2Cl2NO.C12H9Cl2NO/c13-12(14)2-1-5-6-3-7(15)8(16)4-9(6)17-10(5)11(12)18;13-8-4-7-6-2-1-3-11(16)12(6)15-10(7)5-9(8)14/h3-4,17H,1-2H2;4-5,15H,1-3H2. The van der Waals surface area contributed by atoms with Crippen molar-refractivity contribution in [1.82, 2.24) is 9.97 Å². The number of carbonyl (C=O) groups is 2. The van der Waals surface area contributed by atoms with Crippen molar-refractivity contribution in [1.29, 1.82) is 0 Å². The van der Waals surface area contributed by atoms with E-state index < -0.39 is 3.23 Å². The summed E-state index contributed by atoms with van der Waals surface area (Å²) in [4.78, 5) is 30.3. The monoisotopic (exact) mass is 662 g/mol. The van der Waals surface area contributed by atoms with E-state index in [2.05, 4.69) is 41.8 Å². The van der Waals surface area contributed by atoms with Crippen LogP contribution in [0.4, 0.5) is 0 Å². The van der Waals surface area contributed by atoms with Gasteiger partial charge in [-0.05, 0) is 61.1 Å². The number of carbonyl (C=O) groups excluding carboxylic acids is 2. The molecule has 10 heteroatoms. The maximum Gasteiger partial charge on any atom is 0.206 e. The molecule has 0 atom stereocenters. The summed E-state index contributed by atoms with van der Waals surface area (Å²) >= 11 is 30.8. The van der Waals surface area contributed by atoms with Gasteiger partial charge >= 0.3 is 0 Å². The first-order chi connectivity index (χ1) is 16.1. The third kappa shape index (κ3) is 4.25. The minimum Gasteiger partial charge on any atom is -0.352 e. The van der Waals surface area contributed by atoms with Gasteiger partial charge < -0.3 is 9.97 Å². The van der Waals surface area contributed by atoms with E-state index in [1.807, 2.05) is 12.1 Å². The molecule has 0 radical (unpaired) electrons. The van der Waals surface area contributed by atoms with Crippen LogP contribution in [0.1, 0.15) is 51.4 Å². The highest BCUT2D eigenvalue weighted by atomic mass is 79.9. The number of hydrogen-bond acceptors (Lipinski definition) is 2. The molecular formula is C24H16Br2Cl4N2O2. The predicted molar refractivity (Wildman–Crippen MR) is 147 cm³/mol. The van der Waals surface area contributed by atoms with Crippen molar-refractivity contribution in [3.8, 4) is 0 Å². The zero-order valence-corrected chi connectivity index (χ0v) is 23.6. The van der Waals surface area contributed by atoms with Crippen molar-refractivity contribution in [2.75, 3.05) is 0 Å². The molecule has 6 rings (SSSR count). The summed E-state index contributed by atoms with van der Waals surface area (Å²) in [5.74, 6) is 0.192. The molecule has 0 unspecified atom stereocenters. The fourth-order valence-corrected chi connectivity index (χ4v) is 6.02. The average Bonchev–Trinajstić information content (AvgIpc) is 3.31. The van der Waals surface area contributed by atoms with Crippen molar-refractivity contribution in [3.05, 3.63) is 66.9 Å². The summed E-state index contributed by atoms with van der Waals surface area (Å²) in [7, 11) is 0. The van der Waals surface area contributed by atoms with Gasteiger partial charge in [0, 0.05) is 28.2 Å². The highest BCUT2D eigenvalue weighted by Gasteiger charge is 2.40. The number of halogens is 6. The summed E-state index contributed by atoms with van der Waals surface area (Å²) < 4.78 is -0.665. The molecule has 2 aliphatic carbocycles. The normalized spacial score (nSPS) is 16.9. The van der Waals surface area contributed by atoms with Crippen LogP contribution < -0.4 is 0 Å². The Morgan fingerprint density at radius 2 is 1.21 bits per heavy atom. The average molecular weight is 666 g/mol. The summed E-state index contributed by atoms with van der Waals surface area (Å²) in [5.41, 5.74) is 5.21. The van der Waals surface area contributed by atoms with Crippen LogP contribution in [-0.4, -0.2) is 24.8 Å².